The van der Waals surface area contributed by atoms with Gasteiger partial charge in [0.1, 0.15) is 11.6 Å². The zero-order valence-electron chi connectivity index (χ0n) is 16.4. The first-order chi connectivity index (χ1) is 14.6. The van der Waals surface area contributed by atoms with Crippen LogP contribution < -0.4 is 10.1 Å². The van der Waals surface area contributed by atoms with Crippen LogP contribution in [-0.4, -0.2) is 45.7 Å². The summed E-state index contributed by atoms with van der Waals surface area (Å²) >= 11 is 6.24. The third-order valence-electron chi connectivity index (χ3n) is 4.50. The molecule has 0 spiro atoms. The fourth-order valence-corrected chi connectivity index (χ4v) is 3.16. The summed E-state index contributed by atoms with van der Waals surface area (Å²) in [5.41, 5.74) is 2.94. The van der Waals surface area contributed by atoms with Gasteiger partial charge in [-0.3, -0.25) is 4.57 Å². The zero-order chi connectivity index (χ0) is 22.8. The summed E-state index contributed by atoms with van der Waals surface area (Å²) in [5, 5.41) is 20.2. The molecule has 7 nitrogen and oxygen atoms in total. The second-order valence-corrected chi connectivity index (χ2v) is 7.13. The van der Waals surface area contributed by atoms with Crippen molar-refractivity contribution in [3.05, 3.63) is 53.3 Å². The minimum atomic E-state index is -5.08. The standard InChI is InChI=1S/C18H17ClN4O.C2HF3O2/c1-11-10-20-15-7-6-13(19)9-16(15)23-17(11)21-22-18(23)12-4-3-5-14(8-12)24-2;3-2(4,5)1(6)7/h3-9,11,20H,10H2,1-2H3;(H,6,7). The van der Waals surface area contributed by atoms with E-state index in [0.717, 1.165) is 40.9 Å². The van der Waals surface area contributed by atoms with E-state index in [-0.39, 0.29) is 5.92 Å². The van der Waals surface area contributed by atoms with Crippen molar-refractivity contribution in [3.63, 3.8) is 0 Å². The van der Waals surface area contributed by atoms with Gasteiger partial charge >= 0.3 is 12.1 Å². The fraction of sp³-hybridized carbons (Fsp3) is 0.250. The summed E-state index contributed by atoms with van der Waals surface area (Å²) in [7, 11) is 1.66. The number of rotatable bonds is 2. The van der Waals surface area contributed by atoms with E-state index in [4.69, 9.17) is 26.2 Å². The molecule has 0 radical (unpaired) electrons. The van der Waals surface area contributed by atoms with Gasteiger partial charge in [-0.05, 0) is 30.3 Å². The molecule has 11 heteroatoms. The van der Waals surface area contributed by atoms with Crippen molar-refractivity contribution in [3.8, 4) is 22.8 Å². The Morgan fingerprint density at radius 3 is 2.61 bits per heavy atom. The van der Waals surface area contributed by atoms with Crippen LogP contribution in [0.2, 0.25) is 5.02 Å². The summed E-state index contributed by atoms with van der Waals surface area (Å²) in [4.78, 5) is 8.90. The van der Waals surface area contributed by atoms with E-state index in [2.05, 4.69) is 27.0 Å². The third-order valence-corrected chi connectivity index (χ3v) is 4.73. The number of halogens is 4. The Morgan fingerprint density at radius 1 is 1.26 bits per heavy atom. The van der Waals surface area contributed by atoms with Crippen LogP contribution in [0.3, 0.4) is 0 Å². The van der Waals surface area contributed by atoms with Gasteiger partial charge in [-0.25, -0.2) is 4.79 Å². The number of carboxylic acid groups (broad SMARTS) is 1. The molecule has 4 rings (SSSR count). The Bertz CT molecular complexity index is 1100. The van der Waals surface area contributed by atoms with Crippen LogP contribution in [0.15, 0.2) is 42.5 Å². The van der Waals surface area contributed by atoms with Gasteiger partial charge in [-0.15, -0.1) is 10.2 Å². The van der Waals surface area contributed by atoms with Crippen LogP contribution in [0.5, 0.6) is 5.75 Å². The van der Waals surface area contributed by atoms with Gasteiger partial charge in [0.15, 0.2) is 5.82 Å². The van der Waals surface area contributed by atoms with Crippen molar-refractivity contribution >= 4 is 23.3 Å². The lowest BCUT2D eigenvalue weighted by Crippen LogP contribution is -2.21. The quantitative estimate of drug-likeness (QED) is 0.580. The minimum Gasteiger partial charge on any atom is -0.497 e. The van der Waals surface area contributed by atoms with Crippen LogP contribution in [0.25, 0.3) is 17.1 Å². The maximum atomic E-state index is 10.6. The highest BCUT2D eigenvalue weighted by Gasteiger charge is 2.38. The van der Waals surface area contributed by atoms with Crippen molar-refractivity contribution in [2.24, 2.45) is 0 Å². The van der Waals surface area contributed by atoms with Crippen LogP contribution in [0.4, 0.5) is 18.9 Å². The predicted molar refractivity (Wildman–Crippen MR) is 109 cm³/mol. The number of carboxylic acids is 1. The number of carbonyl (C=O) groups is 1. The highest BCUT2D eigenvalue weighted by Crippen LogP contribution is 2.35. The molecule has 2 aromatic carbocycles. The Balaban J connectivity index is 0.000000339. The lowest BCUT2D eigenvalue weighted by Gasteiger charge is -2.13. The molecule has 0 saturated heterocycles. The number of hydrogen-bond acceptors (Lipinski definition) is 5. The lowest BCUT2D eigenvalue weighted by atomic mass is 10.1. The van der Waals surface area contributed by atoms with Crippen molar-refractivity contribution in [1.82, 2.24) is 14.8 Å². The molecule has 1 atom stereocenters. The van der Waals surface area contributed by atoms with Gasteiger partial charge in [0.2, 0.25) is 0 Å². The number of nitrogens with zero attached hydrogens (tertiary/aromatic N) is 3. The average molecular weight is 455 g/mol. The van der Waals surface area contributed by atoms with Gasteiger partial charge in [0.25, 0.3) is 0 Å². The van der Waals surface area contributed by atoms with Gasteiger partial charge in [0, 0.05) is 23.0 Å². The third kappa shape index (κ3) is 4.91. The van der Waals surface area contributed by atoms with Crippen LogP contribution in [0, 0.1) is 0 Å². The minimum absolute atomic E-state index is 0.225. The first kappa shape index (κ1) is 22.4. The largest absolute Gasteiger partial charge is 0.497 e. The number of aromatic nitrogens is 3. The summed E-state index contributed by atoms with van der Waals surface area (Å²) < 4.78 is 39.2. The molecular formula is C20H18ClF3N4O3. The van der Waals surface area contributed by atoms with Crippen LogP contribution >= 0.6 is 11.6 Å². The molecule has 0 amide bonds. The molecule has 164 valence electrons. The van der Waals surface area contributed by atoms with Gasteiger partial charge < -0.3 is 15.2 Å². The van der Waals surface area contributed by atoms with Crippen LogP contribution in [-0.2, 0) is 4.79 Å². The molecule has 0 fully saturated rings. The number of methoxy groups -OCH3 is 1. The van der Waals surface area contributed by atoms with Crippen molar-refractivity contribution in [1.29, 1.82) is 0 Å². The van der Waals surface area contributed by atoms with Crippen molar-refractivity contribution in [2.75, 3.05) is 19.0 Å². The Morgan fingerprint density at radius 2 is 1.97 bits per heavy atom. The average Bonchev–Trinajstić information content (AvgIpc) is 3.12. The summed E-state index contributed by atoms with van der Waals surface area (Å²) in [6.45, 7) is 2.93. The molecule has 1 aromatic heterocycles. The smallest absolute Gasteiger partial charge is 0.490 e. The van der Waals surface area contributed by atoms with E-state index in [9.17, 15) is 13.2 Å². The zero-order valence-corrected chi connectivity index (χ0v) is 17.2. The Kier molecular flexibility index (Phi) is 6.40. The molecule has 0 saturated carbocycles. The molecule has 1 aliphatic heterocycles. The second kappa shape index (κ2) is 8.84. The SMILES string of the molecule is COc1cccc(-c2nnc3n2-c2cc(Cl)ccc2NCC3C)c1.O=C(O)C(F)(F)F. The highest BCUT2D eigenvalue weighted by atomic mass is 35.5. The van der Waals surface area contributed by atoms with Gasteiger partial charge in [0.05, 0.1) is 18.5 Å². The molecule has 31 heavy (non-hydrogen) atoms. The van der Waals surface area contributed by atoms with Gasteiger partial charge in [-0.2, -0.15) is 13.2 Å². The Hall–Kier alpha value is -3.27. The van der Waals surface area contributed by atoms with Crippen LogP contribution in [0.1, 0.15) is 18.7 Å². The molecule has 2 heterocycles. The monoisotopic (exact) mass is 454 g/mol. The highest BCUT2D eigenvalue weighted by molar-refractivity contribution is 6.30. The maximum Gasteiger partial charge on any atom is 0.490 e. The number of alkyl halides is 3. The van der Waals surface area contributed by atoms with E-state index in [1.165, 1.54) is 0 Å². The maximum absolute atomic E-state index is 10.6. The first-order valence-corrected chi connectivity index (χ1v) is 9.43. The number of ether oxygens (including phenoxy) is 1. The summed E-state index contributed by atoms with van der Waals surface area (Å²) in [6.07, 6.45) is -5.08. The van der Waals surface area contributed by atoms with E-state index >= 15 is 0 Å². The number of hydrogen-bond donors (Lipinski definition) is 2. The molecule has 1 unspecified atom stereocenters. The molecule has 0 aliphatic carbocycles. The Labute approximate surface area is 180 Å². The first-order valence-electron chi connectivity index (χ1n) is 9.05. The predicted octanol–water partition coefficient (Wildman–Crippen LogP) is 4.76. The van der Waals surface area contributed by atoms with E-state index < -0.39 is 12.1 Å². The molecule has 3 aromatic rings. The van der Waals surface area contributed by atoms with Crippen molar-refractivity contribution in [2.45, 2.75) is 19.0 Å². The number of anilines is 1. The topological polar surface area (TPSA) is 89.3 Å². The van der Waals surface area contributed by atoms with Crippen molar-refractivity contribution < 1.29 is 27.8 Å². The second-order valence-electron chi connectivity index (χ2n) is 6.70. The van der Waals surface area contributed by atoms with E-state index in [1.54, 1.807) is 7.11 Å². The van der Waals surface area contributed by atoms with E-state index in [0.29, 0.717) is 5.02 Å². The number of benzene rings is 2. The molecule has 2 N–H and O–H groups in total. The molecular weight excluding hydrogens is 437 g/mol. The van der Waals surface area contributed by atoms with E-state index in [1.807, 2.05) is 42.5 Å². The number of fused-ring (bicyclic) bond motifs is 3. The fourth-order valence-electron chi connectivity index (χ4n) is 3.00. The summed E-state index contributed by atoms with van der Waals surface area (Å²) in [6, 6.07) is 13.7. The lowest BCUT2D eigenvalue weighted by molar-refractivity contribution is -0.192. The molecule has 0 bridgehead atoms. The van der Waals surface area contributed by atoms with Gasteiger partial charge in [-0.1, -0.05) is 30.7 Å². The number of nitrogens with one attached hydrogen (secondary N) is 1. The number of aliphatic carboxylic acids is 1. The summed E-state index contributed by atoms with van der Waals surface area (Å²) in [5.74, 6) is -0.0456. The molecule has 1 aliphatic rings. The normalized spacial score (nSPS) is 14.8.